The van der Waals surface area contributed by atoms with Crippen LogP contribution < -0.4 is 0 Å². The largest absolute Gasteiger partial charge is 0.306 e. The van der Waals surface area contributed by atoms with Gasteiger partial charge in [0.15, 0.2) is 11.1 Å². The van der Waals surface area contributed by atoms with Crippen molar-refractivity contribution in [2.75, 3.05) is 0 Å². The second-order valence-electron chi connectivity index (χ2n) is 1.95. The molecular weight excluding hydrogens is 169 g/mol. The highest BCUT2D eigenvalue weighted by molar-refractivity contribution is 7.78. The lowest BCUT2D eigenvalue weighted by atomic mass is 10.3. The molecule has 0 saturated heterocycles. The Morgan fingerprint density at radius 1 is 1.64 bits per heavy atom. The molecule has 3 nitrogen and oxygen atoms in total. The van der Waals surface area contributed by atoms with Crippen molar-refractivity contribution in [2.24, 2.45) is 0 Å². The van der Waals surface area contributed by atoms with Crippen molar-refractivity contribution in [3.8, 4) is 0 Å². The van der Waals surface area contributed by atoms with Crippen LogP contribution in [-0.4, -0.2) is 13.7 Å². The average molecular weight is 175 g/mol. The Bertz CT molecular complexity index is 262. The van der Waals surface area contributed by atoms with E-state index in [1.165, 1.54) is 12.3 Å². The van der Waals surface area contributed by atoms with Crippen LogP contribution in [-0.2, 0) is 16.8 Å². The molecule has 0 aliphatic heterocycles. The molecule has 0 bridgehead atoms. The van der Waals surface area contributed by atoms with Gasteiger partial charge in [-0.2, -0.15) is 4.39 Å². The summed E-state index contributed by atoms with van der Waals surface area (Å²) >= 11 is -1.89. The second kappa shape index (κ2) is 3.54. The van der Waals surface area contributed by atoms with E-state index in [0.29, 0.717) is 5.56 Å². The molecule has 0 aliphatic carbocycles. The average Bonchev–Trinajstić information content (AvgIpc) is 1.93. The molecule has 0 saturated carbocycles. The van der Waals surface area contributed by atoms with Crippen molar-refractivity contribution in [1.29, 1.82) is 0 Å². The molecule has 1 aromatic heterocycles. The van der Waals surface area contributed by atoms with E-state index in [1.54, 1.807) is 0 Å². The maximum atomic E-state index is 12.2. The lowest BCUT2D eigenvalue weighted by Gasteiger charge is -1.94. The van der Waals surface area contributed by atoms with Gasteiger partial charge in [-0.15, -0.1) is 0 Å². The first-order chi connectivity index (χ1) is 5.18. The molecule has 1 atom stereocenters. The van der Waals surface area contributed by atoms with E-state index in [1.807, 2.05) is 0 Å². The summed E-state index contributed by atoms with van der Waals surface area (Å²) < 4.78 is 30.8. The van der Waals surface area contributed by atoms with Gasteiger partial charge in [-0.1, -0.05) is 6.07 Å². The Morgan fingerprint density at radius 2 is 2.36 bits per heavy atom. The van der Waals surface area contributed by atoms with Crippen molar-refractivity contribution >= 4 is 11.1 Å². The van der Waals surface area contributed by atoms with E-state index < -0.39 is 17.0 Å². The molecule has 0 aromatic carbocycles. The summed E-state index contributed by atoms with van der Waals surface area (Å²) in [6.07, 6.45) is 1.24. The number of nitrogens with zero attached hydrogens (tertiary/aromatic N) is 1. The van der Waals surface area contributed by atoms with E-state index in [4.69, 9.17) is 4.55 Å². The monoisotopic (exact) mass is 175 g/mol. The standard InChI is InChI=1S/C6H6FNO2S/c7-6-2-1-5(3-8-6)4-11(9)10/h1-3H,4H2,(H,9,10). The lowest BCUT2D eigenvalue weighted by Crippen LogP contribution is -1.94. The quantitative estimate of drug-likeness (QED) is 0.537. The summed E-state index contributed by atoms with van der Waals surface area (Å²) in [7, 11) is 0. The van der Waals surface area contributed by atoms with Crippen molar-refractivity contribution in [3.63, 3.8) is 0 Å². The highest BCUT2D eigenvalue weighted by Gasteiger charge is 1.97. The first-order valence-electron chi connectivity index (χ1n) is 2.86. The highest BCUT2D eigenvalue weighted by Crippen LogP contribution is 2.00. The molecule has 0 aliphatic rings. The summed E-state index contributed by atoms with van der Waals surface area (Å²) in [6, 6.07) is 2.58. The van der Waals surface area contributed by atoms with Crippen LogP contribution in [0.5, 0.6) is 0 Å². The van der Waals surface area contributed by atoms with Gasteiger partial charge in [-0.3, -0.25) is 0 Å². The van der Waals surface area contributed by atoms with Gasteiger partial charge >= 0.3 is 0 Å². The third-order valence-electron chi connectivity index (χ3n) is 1.08. The van der Waals surface area contributed by atoms with Crippen LogP contribution in [0, 0.1) is 5.95 Å². The zero-order valence-electron chi connectivity index (χ0n) is 5.53. The number of pyridine rings is 1. The number of hydrogen-bond acceptors (Lipinski definition) is 2. The first-order valence-corrected chi connectivity index (χ1v) is 4.14. The van der Waals surface area contributed by atoms with Gasteiger partial charge in [0, 0.05) is 6.20 Å². The molecule has 60 valence electrons. The van der Waals surface area contributed by atoms with Crippen LogP contribution in [0.25, 0.3) is 0 Å². The van der Waals surface area contributed by atoms with E-state index >= 15 is 0 Å². The van der Waals surface area contributed by atoms with Crippen LogP contribution in [0.15, 0.2) is 18.3 Å². The van der Waals surface area contributed by atoms with Crippen LogP contribution >= 0.6 is 0 Å². The Morgan fingerprint density at radius 3 is 2.82 bits per heavy atom. The minimum Gasteiger partial charge on any atom is -0.306 e. The highest BCUT2D eigenvalue weighted by atomic mass is 32.2. The second-order valence-corrected chi connectivity index (χ2v) is 2.89. The topological polar surface area (TPSA) is 50.2 Å². The van der Waals surface area contributed by atoms with Crippen molar-refractivity contribution in [2.45, 2.75) is 5.75 Å². The summed E-state index contributed by atoms with van der Waals surface area (Å²) in [4.78, 5) is 3.32. The SMILES string of the molecule is O=S(O)Cc1ccc(F)nc1. The molecule has 0 fully saturated rings. The van der Waals surface area contributed by atoms with Gasteiger partial charge in [0.05, 0.1) is 5.75 Å². The third-order valence-corrected chi connectivity index (χ3v) is 1.66. The van der Waals surface area contributed by atoms with E-state index in [0.717, 1.165) is 6.07 Å². The van der Waals surface area contributed by atoms with E-state index in [9.17, 15) is 8.60 Å². The first kappa shape index (κ1) is 8.29. The summed E-state index contributed by atoms with van der Waals surface area (Å²) in [5.74, 6) is -0.592. The van der Waals surface area contributed by atoms with Gasteiger partial charge in [0.25, 0.3) is 0 Å². The zero-order valence-corrected chi connectivity index (χ0v) is 6.34. The van der Waals surface area contributed by atoms with Crippen molar-refractivity contribution < 1.29 is 13.2 Å². The smallest absolute Gasteiger partial charge is 0.212 e. The number of hydrogen-bond donors (Lipinski definition) is 1. The zero-order chi connectivity index (χ0) is 8.27. The Balaban J connectivity index is 2.74. The maximum absolute atomic E-state index is 12.2. The molecule has 1 heterocycles. The molecule has 0 amide bonds. The van der Waals surface area contributed by atoms with Gasteiger partial charge in [0.1, 0.15) is 0 Å². The van der Waals surface area contributed by atoms with Gasteiger partial charge in [-0.05, 0) is 11.6 Å². The number of rotatable bonds is 2. The number of aromatic nitrogens is 1. The fourth-order valence-electron chi connectivity index (χ4n) is 0.634. The number of halogens is 1. The molecular formula is C6H6FNO2S. The minimum atomic E-state index is -1.89. The molecule has 0 spiro atoms. The van der Waals surface area contributed by atoms with Crippen LogP contribution in [0.2, 0.25) is 0 Å². The Labute approximate surface area is 65.6 Å². The Hall–Kier alpha value is -0.810. The predicted molar refractivity (Wildman–Crippen MR) is 38.7 cm³/mol. The van der Waals surface area contributed by atoms with Gasteiger partial charge < -0.3 is 4.55 Å². The van der Waals surface area contributed by atoms with E-state index in [2.05, 4.69) is 4.98 Å². The summed E-state index contributed by atoms with van der Waals surface area (Å²) in [5.41, 5.74) is 0.548. The molecule has 1 unspecified atom stereocenters. The molecule has 1 N–H and O–H groups in total. The molecule has 1 aromatic rings. The molecule has 1 rings (SSSR count). The minimum absolute atomic E-state index is 0.00667. The molecule has 5 heteroatoms. The normalized spacial score (nSPS) is 12.9. The van der Waals surface area contributed by atoms with Crippen molar-refractivity contribution in [1.82, 2.24) is 4.98 Å². The predicted octanol–water partition coefficient (Wildman–Crippen LogP) is 0.942. The fraction of sp³-hybridized carbons (Fsp3) is 0.167. The van der Waals surface area contributed by atoms with E-state index in [-0.39, 0.29) is 5.75 Å². The summed E-state index contributed by atoms with van der Waals surface area (Å²) in [6.45, 7) is 0. The molecule has 0 radical (unpaired) electrons. The third kappa shape index (κ3) is 2.73. The molecule has 11 heavy (non-hydrogen) atoms. The van der Waals surface area contributed by atoms with Crippen LogP contribution in [0.3, 0.4) is 0 Å². The lowest BCUT2D eigenvalue weighted by molar-refractivity contribution is 0.562. The summed E-state index contributed by atoms with van der Waals surface area (Å²) in [5, 5.41) is 0. The maximum Gasteiger partial charge on any atom is 0.212 e. The van der Waals surface area contributed by atoms with Crippen LogP contribution in [0.1, 0.15) is 5.56 Å². The Kier molecular flexibility index (Phi) is 2.67. The van der Waals surface area contributed by atoms with Crippen molar-refractivity contribution in [3.05, 3.63) is 29.8 Å². The van der Waals surface area contributed by atoms with Crippen LogP contribution in [0.4, 0.5) is 4.39 Å². The fourth-order valence-corrected chi connectivity index (χ4v) is 1.09. The van der Waals surface area contributed by atoms with Gasteiger partial charge in [-0.25, -0.2) is 9.19 Å². The van der Waals surface area contributed by atoms with Gasteiger partial charge in [0.2, 0.25) is 5.95 Å².